The van der Waals surface area contributed by atoms with Gasteiger partial charge in [-0.3, -0.25) is 34.1 Å². The molecule has 10 rings (SSSR count). The van der Waals surface area contributed by atoms with Crippen molar-refractivity contribution in [3.8, 4) is 51.4 Å². The number of carbonyl (C=O) groups excluding carboxylic acids is 6. The number of ether oxygens (including phenoxy) is 2. The quantitative estimate of drug-likeness (QED) is 0.0986. The number of aromatic hydroxyl groups is 3. The Hall–Kier alpha value is -6.97. The molecule has 5 aliphatic heterocycles. The van der Waals surface area contributed by atoms with Gasteiger partial charge in [-0.05, 0) is 130 Å². The molecule has 6 amide bonds. The predicted octanol–water partition coefficient (Wildman–Crippen LogP) is 3.68. The van der Waals surface area contributed by atoms with Crippen LogP contribution >= 0.6 is 45.8 Å². The fraction of sp³-hybridized carbons (Fsp3) is 0.321. The van der Waals surface area contributed by atoms with E-state index in [1.165, 1.54) is 54.6 Å². The molecule has 78 heavy (non-hydrogen) atoms. The summed E-state index contributed by atoms with van der Waals surface area (Å²) >= 11 is 15.6. The molecular formula is C53H55Cl2IN8O14. The zero-order chi connectivity index (χ0) is 56.4. The molecule has 5 aliphatic rings. The Bertz CT molecular complexity index is 3210. The number of halogens is 3. The predicted molar refractivity (Wildman–Crippen MR) is 291 cm³/mol. The Morgan fingerprint density at radius 3 is 1.95 bits per heavy atom. The number of phenols is 3. The first-order chi connectivity index (χ1) is 37.0. The Balaban J connectivity index is 1.33. The first-order valence-electron chi connectivity index (χ1n) is 24.4. The SMILES string of the molecule is CN[C@H](CC(C)C)C(=O)N[C@H]1C(=O)N[C@@H](CC(N)=O)C(=O)N[C@H]2CNC3C(=O)N[C@H](C(=O)N[C@H](CO)c4cc(O)cc(O)c4-c4cc3ccc4I)[C@H](O)c3ccc(c(Cl)c3)Oc3cc2cc(c3O)Oc2ccc(cc2Cl)[C@H]1O. The zero-order valence-corrected chi connectivity index (χ0v) is 45.4. The minimum absolute atomic E-state index is 0.00257. The molecule has 0 spiro atoms. The third-order valence-electron chi connectivity index (χ3n) is 13.4. The van der Waals surface area contributed by atoms with Crippen molar-refractivity contribution in [1.29, 1.82) is 0 Å². The highest BCUT2D eigenvalue weighted by Gasteiger charge is 2.39. The molecule has 0 saturated heterocycles. The van der Waals surface area contributed by atoms with Crippen molar-refractivity contribution in [2.24, 2.45) is 11.7 Å². The third-order valence-corrected chi connectivity index (χ3v) is 14.9. The van der Waals surface area contributed by atoms with Gasteiger partial charge in [0, 0.05) is 21.7 Å². The Morgan fingerprint density at radius 1 is 0.744 bits per heavy atom. The number of phenolic OH excluding ortho intramolecular Hbond substituents is 3. The molecule has 25 heteroatoms. The number of nitrogens with one attached hydrogen (secondary N) is 7. The number of amides is 6. The number of carbonyl (C=O) groups is 6. The van der Waals surface area contributed by atoms with Crippen LogP contribution in [0.5, 0.6) is 40.2 Å². The lowest BCUT2D eigenvalue weighted by Crippen LogP contribution is -2.58. The molecule has 0 aliphatic carbocycles. The van der Waals surface area contributed by atoms with Crippen molar-refractivity contribution < 1.29 is 68.9 Å². The monoisotopic (exact) mass is 1220 g/mol. The third kappa shape index (κ3) is 12.3. The smallest absolute Gasteiger partial charge is 0.246 e. The molecular weight excluding hydrogens is 1170 g/mol. The van der Waals surface area contributed by atoms with Gasteiger partial charge in [0.2, 0.25) is 41.2 Å². The molecule has 22 nitrogen and oxygen atoms in total. The number of primary amides is 1. The average molecular weight is 1230 g/mol. The standard InChI is InChI=1S/C53H55Cl2IN8O14/c1-21(2)10-32(58-3)49(72)63-44-46(69)23-5-8-37(29(54)12-23)77-39-14-25-15-40(48(39)71)78-38-9-6-24(13-30(38)55)47(70)45-53(76)62-35(20-65)28-16-26(66)17-36(67)42(28)27-11-22(4-7-31(27)56)43(51(74)64-45)59-19-34(25)61-50(73)33(18-41(57)68)60-52(44)75/h4-9,11-17,21,32-35,43-47,58-59,65-67,69-71H,10,18-20H2,1-3H3,(H2,57,68)(H,60,75)(H,61,73)(H,62,76)(H,63,72)(H,64,74)/t32-,33+,34+,35-,43?,44-,45+,46-,47-/m1/s1. The van der Waals surface area contributed by atoms with Crippen LogP contribution in [0.3, 0.4) is 0 Å². The Kier molecular flexibility index (Phi) is 17.6. The van der Waals surface area contributed by atoms with Crippen molar-refractivity contribution in [3.63, 3.8) is 0 Å². The molecule has 0 fully saturated rings. The summed E-state index contributed by atoms with van der Waals surface area (Å²) in [6.07, 6.45) is -4.21. The second kappa shape index (κ2) is 24.0. The van der Waals surface area contributed by atoms with Gasteiger partial charge >= 0.3 is 0 Å². The molecule has 11 bridgehead atoms. The van der Waals surface area contributed by atoms with Crippen LogP contribution in [-0.4, -0.2) is 110 Å². The number of hydrogen-bond acceptors (Lipinski definition) is 16. The highest BCUT2D eigenvalue weighted by molar-refractivity contribution is 14.1. The van der Waals surface area contributed by atoms with E-state index in [1.807, 2.05) is 36.4 Å². The normalized spacial score (nSPS) is 22.8. The van der Waals surface area contributed by atoms with Gasteiger partial charge in [-0.15, -0.1) is 0 Å². The van der Waals surface area contributed by atoms with Crippen LogP contribution in [0, 0.1) is 9.49 Å². The Morgan fingerprint density at radius 2 is 1.36 bits per heavy atom. The number of nitrogens with two attached hydrogens (primary N) is 1. The fourth-order valence-electron chi connectivity index (χ4n) is 9.44. The van der Waals surface area contributed by atoms with Crippen molar-refractivity contribution in [1.82, 2.24) is 37.2 Å². The first kappa shape index (κ1) is 57.2. The number of rotatable bonds is 8. The largest absolute Gasteiger partial charge is 0.508 e. The summed E-state index contributed by atoms with van der Waals surface area (Å²) in [4.78, 5) is 85.4. The fourth-order valence-corrected chi connectivity index (χ4v) is 10.5. The molecule has 5 aromatic carbocycles. The molecule has 5 heterocycles. The number of benzene rings is 5. The summed E-state index contributed by atoms with van der Waals surface area (Å²) in [6, 6.07) is 6.88. The maximum Gasteiger partial charge on any atom is 0.246 e. The lowest BCUT2D eigenvalue weighted by Gasteiger charge is -2.32. The summed E-state index contributed by atoms with van der Waals surface area (Å²) in [5.41, 5.74) is 6.35. The molecule has 9 atom stereocenters. The minimum atomic E-state index is -1.87. The van der Waals surface area contributed by atoms with E-state index in [0.717, 1.165) is 6.07 Å². The van der Waals surface area contributed by atoms with E-state index in [1.54, 1.807) is 25.2 Å². The molecule has 15 N–H and O–H groups in total. The van der Waals surface area contributed by atoms with Gasteiger partial charge in [0.25, 0.3) is 0 Å². The summed E-state index contributed by atoms with van der Waals surface area (Å²) in [6.45, 7) is 2.51. The van der Waals surface area contributed by atoms with Gasteiger partial charge in [-0.25, -0.2) is 0 Å². The van der Waals surface area contributed by atoms with Crippen LogP contribution in [0.2, 0.25) is 10.0 Å². The lowest BCUT2D eigenvalue weighted by molar-refractivity contribution is -0.136. The Labute approximate surface area is 469 Å². The van der Waals surface area contributed by atoms with Gasteiger partial charge in [-0.2, -0.15) is 0 Å². The van der Waals surface area contributed by atoms with Gasteiger partial charge in [0.1, 0.15) is 59.4 Å². The molecule has 0 radical (unpaired) electrons. The summed E-state index contributed by atoms with van der Waals surface area (Å²) in [5, 5.41) is 87.7. The second-order valence-corrected chi connectivity index (χ2v) is 21.3. The van der Waals surface area contributed by atoms with Crippen molar-refractivity contribution in [3.05, 3.63) is 120 Å². The van der Waals surface area contributed by atoms with Crippen LogP contribution in [0.15, 0.2) is 78.9 Å². The number of aliphatic hydroxyl groups excluding tert-OH is 3. The maximum atomic E-state index is 15.0. The molecule has 0 saturated carbocycles. The number of aliphatic hydroxyl groups is 3. The van der Waals surface area contributed by atoms with Crippen molar-refractivity contribution in [2.45, 2.75) is 81.2 Å². The van der Waals surface area contributed by atoms with Crippen LogP contribution in [-0.2, 0) is 28.8 Å². The average Bonchev–Trinajstić information content (AvgIpc) is 3.38. The summed E-state index contributed by atoms with van der Waals surface area (Å²) < 4.78 is 13.0. The van der Waals surface area contributed by atoms with Crippen LogP contribution in [0.25, 0.3) is 11.1 Å². The van der Waals surface area contributed by atoms with Crippen LogP contribution in [0.1, 0.15) is 84.8 Å². The van der Waals surface area contributed by atoms with Crippen LogP contribution in [0.4, 0.5) is 0 Å². The zero-order valence-electron chi connectivity index (χ0n) is 41.8. The van der Waals surface area contributed by atoms with Crippen molar-refractivity contribution in [2.75, 3.05) is 20.2 Å². The van der Waals surface area contributed by atoms with E-state index in [-0.39, 0.29) is 72.3 Å². The topological polar surface area (TPSA) is 352 Å². The first-order valence-corrected chi connectivity index (χ1v) is 26.2. The lowest BCUT2D eigenvalue weighted by atomic mass is 9.90. The highest BCUT2D eigenvalue weighted by Crippen LogP contribution is 2.47. The molecule has 412 valence electrons. The van der Waals surface area contributed by atoms with Gasteiger partial charge in [0.15, 0.2) is 11.5 Å². The van der Waals surface area contributed by atoms with E-state index >= 15 is 4.79 Å². The number of hydrogen-bond donors (Lipinski definition) is 14. The van der Waals surface area contributed by atoms with E-state index in [4.69, 9.17) is 38.4 Å². The molecule has 1 unspecified atom stereocenters. The van der Waals surface area contributed by atoms with Gasteiger partial charge in [-0.1, -0.05) is 55.2 Å². The van der Waals surface area contributed by atoms with Crippen molar-refractivity contribution >= 4 is 81.2 Å². The van der Waals surface area contributed by atoms with E-state index in [9.17, 15) is 54.6 Å². The highest BCUT2D eigenvalue weighted by atomic mass is 127. The number of likely N-dealkylation sites (N-methyl/N-ethyl adjacent to an activating group) is 1. The van der Waals surface area contributed by atoms with E-state index in [0.29, 0.717) is 15.6 Å². The molecule has 5 aromatic rings. The van der Waals surface area contributed by atoms with Gasteiger partial charge in [0.05, 0.1) is 41.2 Å². The summed E-state index contributed by atoms with van der Waals surface area (Å²) in [7, 11) is 1.54. The van der Waals surface area contributed by atoms with E-state index in [2.05, 4.69) is 37.2 Å². The molecule has 0 aromatic heterocycles. The number of fused-ring (bicyclic) bond motifs is 15. The van der Waals surface area contributed by atoms with Gasteiger partial charge < -0.3 is 77.7 Å². The van der Waals surface area contributed by atoms with E-state index < -0.39 is 127 Å². The minimum Gasteiger partial charge on any atom is -0.508 e. The second-order valence-electron chi connectivity index (χ2n) is 19.3. The van der Waals surface area contributed by atoms with Crippen LogP contribution < -0.4 is 52.4 Å². The maximum absolute atomic E-state index is 15.0. The summed E-state index contributed by atoms with van der Waals surface area (Å²) in [5.74, 6) is -8.22.